The maximum absolute atomic E-state index is 13.7. The maximum atomic E-state index is 13.7. The average molecular weight is 484 g/mol. The Morgan fingerprint density at radius 3 is 2.41 bits per heavy atom. The molecule has 0 amide bonds. The quantitative estimate of drug-likeness (QED) is 0.379. The summed E-state index contributed by atoms with van der Waals surface area (Å²) in [5, 5.41) is -0.800. The van der Waals surface area contributed by atoms with E-state index < -0.39 is 26.8 Å². The Morgan fingerprint density at radius 1 is 1.19 bits per heavy atom. The minimum absolute atomic E-state index is 0.168. The molecular formula is C22H24F3N3O2S2. The lowest BCUT2D eigenvalue weighted by molar-refractivity contribution is -0.141. The van der Waals surface area contributed by atoms with E-state index >= 15 is 0 Å². The number of methoxy groups -OCH3 is 1. The van der Waals surface area contributed by atoms with Crippen LogP contribution in [0, 0.1) is 11.7 Å². The van der Waals surface area contributed by atoms with E-state index in [2.05, 4.69) is 9.97 Å². The van der Waals surface area contributed by atoms with Gasteiger partial charge in [0.25, 0.3) is 0 Å². The number of benzene rings is 1. The normalized spacial score (nSPS) is 14.7. The second-order valence-electron chi connectivity index (χ2n) is 7.32. The molecule has 10 heteroatoms. The summed E-state index contributed by atoms with van der Waals surface area (Å²) in [6, 6.07) is 9.41. The molecule has 0 bridgehead atoms. The third kappa shape index (κ3) is 5.12. The molecule has 0 saturated heterocycles. The van der Waals surface area contributed by atoms with Crippen molar-refractivity contribution in [1.82, 2.24) is 9.97 Å². The molecule has 32 heavy (non-hydrogen) atoms. The second-order valence-corrected chi connectivity index (χ2v) is 10.9. The third-order valence-corrected chi connectivity index (χ3v) is 8.75. The zero-order valence-electron chi connectivity index (χ0n) is 17.9. The molecule has 3 aromatic rings. The predicted octanol–water partition coefficient (Wildman–Crippen LogP) is 6.88. The fraction of sp³-hybridized carbons (Fsp3) is 0.364. The number of aryl methyl sites for hydroxylation is 1. The number of hydrogen-bond donors (Lipinski definition) is 1. The molecule has 2 atom stereocenters. The van der Waals surface area contributed by atoms with Crippen LogP contribution in [-0.4, -0.2) is 21.3 Å². The Labute approximate surface area is 189 Å². The molecular weight excluding hydrogens is 459 g/mol. The molecule has 0 spiro atoms. The van der Waals surface area contributed by atoms with Crippen molar-refractivity contribution in [3.8, 4) is 17.0 Å². The minimum atomic E-state index is -4.56. The fourth-order valence-corrected chi connectivity index (χ4v) is 6.69. The van der Waals surface area contributed by atoms with E-state index in [4.69, 9.17) is 9.52 Å². The number of nitrogens with one attached hydrogen (secondary N) is 1. The number of nitrogens with zero attached hydrogens (tertiary/aromatic N) is 2. The summed E-state index contributed by atoms with van der Waals surface area (Å²) in [7, 11) is -1.86. The zero-order chi connectivity index (χ0) is 23.5. The molecule has 2 heterocycles. The highest BCUT2D eigenvalue weighted by Gasteiger charge is 2.34. The van der Waals surface area contributed by atoms with Crippen LogP contribution in [0.2, 0.25) is 0 Å². The lowest BCUT2D eigenvalue weighted by Crippen LogP contribution is -2.14. The number of hydrogen-bond acceptors (Lipinski definition) is 6. The summed E-state index contributed by atoms with van der Waals surface area (Å²) in [6.07, 6.45) is -1.60. The largest absolute Gasteiger partial charge is 0.497 e. The van der Waals surface area contributed by atoms with Gasteiger partial charge in [-0.2, -0.15) is 13.2 Å². The Kier molecular flexibility index (Phi) is 7.24. The second kappa shape index (κ2) is 9.58. The number of ether oxygens (including phenoxy) is 1. The first-order chi connectivity index (χ1) is 15.1. The number of rotatable bonds is 8. The van der Waals surface area contributed by atoms with Gasteiger partial charge in [-0.1, -0.05) is 25.8 Å². The molecule has 2 unspecified atom stereocenters. The topological polar surface area (TPSA) is 75.9 Å². The first-order valence-corrected chi connectivity index (χ1v) is 12.4. The zero-order valence-corrected chi connectivity index (χ0v) is 19.5. The van der Waals surface area contributed by atoms with Gasteiger partial charge in [0.05, 0.1) is 18.1 Å². The van der Waals surface area contributed by atoms with Crippen molar-refractivity contribution in [2.24, 2.45) is 0 Å². The van der Waals surface area contributed by atoms with Gasteiger partial charge in [-0.25, -0.2) is 14.0 Å². The summed E-state index contributed by atoms with van der Waals surface area (Å²) >= 11 is 1.18. The van der Waals surface area contributed by atoms with Gasteiger partial charge in [0, 0.05) is 16.6 Å². The molecule has 0 aliphatic carbocycles. The van der Waals surface area contributed by atoms with Gasteiger partial charge >= 0.3 is 6.18 Å². The lowest BCUT2D eigenvalue weighted by atomic mass is 10.1. The Hall–Kier alpha value is -2.46. The lowest BCUT2D eigenvalue weighted by Gasteiger charge is -2.19. The van der Waals surface area contributed by atoms with Crippen LogP contribution >= 0.6 is 11.3 Å². The Balaban J connectivity index is 2.00. The smallest absolute Gasteiger partial charge is 0.433 e. The van der Waals surface area contributed by atoms with Gasteiger partial charge in [0.2, 0.25) is 0 Å². The van der Waals surface area contributed by atoms with Gasteiger partial charge in [-0.3, -0.25) is 4.98 Å². The molecule has 1 N–H and O–H groups in total. The van der Waals surface area contributed by atoms with Gasteiger partial charge < -0.3 is 4.74 Å². The Bertz CT molecular complexity index is 1160. The number of pyridine rings is 1. The van der Waals surface area contributed by atoms with Crippen LogP contribution < -0.4 is 4.74 Å². The van der Waals surface area contributed by atoms with Crippen molar-refractivity contribution < 1.29 is 22.1 Å². The highest BCUT2D eigenvalue weighted by atomic mass is 32.2. The first-order valence-electron chi connectivity index (χ1n) is 10.0. The molecule has 0 aliphatic heterocycles. The van der Waals surface area contributed by atoms with E-state index in [1.54, 1.807) is 19.2 Å². The number of alkyl halides is 3. The summed E-state index contributed by atoms with van der Waals surface area (Å²) in [4.78, 5) is 8.85. The number of halogens is 3. The van der Waals surface area contributed by atoms with Crippen LogP contribution in [0.1, 0.15) is 47.6 Å². The SMILES string of the molecule is CCCCC(c1ccc(C(F)(F)F)nc1)S(=N)(=O)c1nc(-c2ccc(OC)cc2)c(C)s1. The van der Waals surface area contributed by atoms with E-state index in [0.717, 1.165) is 29.1 Å². The number of unbranched alkanes of at least 4 members (excludes halogenated alkanes) is 1. The first kappa shape index (κ1) is 24.2. The van der Waals surface area contributed by atoms with E-state index in [-0.39, 0.29) is 4.34 Å². The van der Waals surface area contributed by atoms with Crippen LogP contribution in [-0.2, 0) is 15.9 Å². The van der Waals surface area contributed by atoms with Crippen molar-refractivity contribution in [2.75, 3.05) is 7.11 Å². The standard InChI is InChI=1S/C22H24F3N3O2S2/c1-4-5-6-18(16-9-12-19(27-13-16)22(23,24)25)32(26,29)21-28-20(14(2)31-21)15-7-10-17(30-3)11-8-15/h7-13,18,26H,4-6H2,1-3H3. The molecule has 3 rings (SSSR count). The third-order valence-electron chi connectivity index (χ3n) is 5.07. The van der Waals surface area contributed by atoms with Gasteiger partial charge in [-0.15, -0.1) is 11.3 Å². The number of aromatic nitrogens is 2. The van der Waals surface area contributed by atoms with E-state index in [9.17, 15) is 17.4 Å². The van der Waals surface area contributed by atoms with E-state index in [0.29, 0.717) is 29.8 Å². The van der Waals surface area contributed by atoms with Crippen LogP contribution in [0.4, 0.5) is 13.2 Å². The molecule has 5 nitrogen and oxygen atoms in total. The number of thiazole rings is 1. The van der Waals surface area contributed by atoms with Crippen molar-refractivity contribution in [3.63, 3.8) is 0 Å². The van der Waals surface area contributed by atoms with Crippen LogP contribution in [0.3, 0.4) is 0 Å². The van der Waals surface area contributed by atoms with Crippen molar-refractivity contribution in [2.45, 2.75) is 48.9 Å². The molecule has 172 valence electrons. The van der Waals surface area contributed by atoms with Crippen molar-refractivity contribution >= 4 is 21.1 Å². The molecule has 0 radical (unpaired) electrons. The summed E-state index contributed by atoms with van der Waals surface area (Å²) in [5.41, 5.74) is 0.777. The summed E-state index contributed by atoms with van der Waals surface area (Å²) in [5.74, 6) is 0.695. The fourth-order valence-electron chi connectivity index (χ4n) is 3.32. The highest BCUT2D eigenvalue weighted by molar-refractivity contribution is 7.94. The van der Waals surface area contributed by atoms with E-state index in [1.165, 1.54) is 17.4 Å². The average Bonchev–Trinajstić information content (AvgIpc) is 3.16. The monoisotopic (exact) mass is 483 g/mol. The molecule has 0 aliphatic rings. The summed E-state index contributed by atoms with van der Waals surface area (Å²) < 4.78 is 66.5. The minimum Gasteiger partial charge on any atom is -0.497 e. The summed E-state index contributed by atoms with van der Waals surface area (Å²) in [6.45, 7) is 3.81. The van der Waals surface area contributed by atoms with Crippen molar-refractivity contribution in [3.05, 3.63) is 58.7 Å². The predicted molar refractivity (Wildman–Crippen MR) is 119 cm³/mol. The Morgan fingerprint density at radius 2 is 1.88 bits per heavy atom. The van der Waals surface area contributed by atoms with Crippen LogP contribution in [0.15, 0.2) is 46.9 Å². The van der Waals surface area contributed by atoms with Gasteiger partial charge in [0.1, 0.15) is 21.2 Å². The van der Waals surface area contributed by atoms with Crippen LogP contribution in [0.5, 0.6) is 5.75 Å². The van der Waals surface area contributed by atoms with Crippen LogP contribution in [0.25, 0.3) is 11.3 Å². The van der Waals surface area contributed by atoms with Crippen molar-refractivity contribution in [1.29, 1.82) is 4.78 Å². The van der Waals surface area contributed by atoms with Gasteiger partial charge in [-0.05, 0) is 49.2 Å². The van der Waals surface area contributed by atoms with Gasteiger partial charge in [0.15, 0.2) is 4.34 Å². The molecule has 2 aromatic heterocycles. The highest BCUT2D eigenvalue weighted by Crippen LogP contribution is 2.39. The molecule has 0 fully saturated rings. The van der Waals surface area contributed by atoms with E-state index in [1.807, 2.05) is 26.0 Å². The maximum Gasteiger partial charge on any atom is 0.433 e. The molecule has 1 aromatic carbocycles. The molecule has 0 saturated carbocycles.